The molecule has 2 rings (SSSR count). The van der Waals surface area contributed by atoms with Gasteiger partial charge in [0, 0.05) is 30.7 Å². The molecular formula is C15H24N2O2. The van der Waals surface area contributed by atoms with E-state index in [1.165, 1.54) is 5.56 Å². The predicted molar refractivity (Wildman–Crippen MR) is 76.6 cm³/mol. The van der Waals surface area contributed by atoms with Crippen molar-refractivity contribution < 1.29 is 9.47 Å². The van der Waals surface area contributed by atoms with Crippen LogP contribution in [0, 0.1) is 0 Å². The average molecular weight is 264 g/mol. The van der Waals surface area contributed by atoms with Crippen molar-refractivity contribution in [1.82, 2.24) is 4.90 Å². The minimum Gasteiger partial charge on any atom is -0.497 e. The van der Waals surface area contributed by atoms with Crippen molar-refractivity contribution in [3.05, 3.63) is 23.8 Å². The normalized spacial score (nSPS) is 19.2. The molecule has 1 aliphatic rings. The fraction of sp³-hybridized carbons (Fsp3) is 0.600. The SMILES string of the molecule is COc1ccc(OC)c(CN2CCC(C)(N)CC2)c1. The molecule has 1 aromatic carbocycles. The maximum atomic E-state index is 6.16. The molecule has 1 heterocycles. The van der Waals surface area contributed by atoms with Crippen molar-refractivity contribution in [2.45, 2.75) is 31.8 Å². The minimum atomic E-state index is -0.00500. The van der Waals surface area contributed by atoms with Crippen LogP contribution in [0.1, 0.15) is 25.3 Å². The molecule has 19 heavy (non-hydrogen) atoms. The molecule has 0 spiro atoms. The third-order valence-corrected chi connectivity index (χ3v) is 3.88. The topological polar surface area (TPSA) is 47.7 Å². The van der Waals surface area contributed by atoms with E-state index < -0.39 is 0 Å². The Morgan fingerprint density at radius 3 is 2.47 bits per heavy atom. The van der Waals surface area contributed by atoms with Crippen molar-refractivity contribution in [1.29, 1.82) is 0 Å². The largest absolute Gasteiger partial charge is 0.497 e. The van der Waals surface area contributed by atoms with Gasteiger partial charge in [0.1, 0.15) is 11.5 Å². The second kappa shape index (κ2) is 5.80. The van der Waals surface area contributed by atoms with Crippen LogP contribution in [0.3, 0.4) is 0 Å². The molecule has 0 unspecified atom stereocenters. The number of nitrogens with zero attached hydrogens (tertiary/aromatic N) is 1. The van der Waals surface area contributed by atoms with Crippen molar-refractivity contribution in [2.24, 2.45) is 5.73 Å². The maximum absolute atomic E-state index is 6.16. The van der Waals surface area contributed by atoms with Crippen LogP contribution >= 0.6 is 0 Å². The van der Waals surface area contributed by atoms with Gasteiger partial charge in [-0.1, -0.05) is 0 Å². The predicted octanol–water partition coefficient (Wildman–Crippen LogP) is 2.02. The van der Waals surface area contributed by atoms with Gasteiger partial charge in [0.15, 0.2) is 0 Å². The van der Waals surface area contributed by atoms with Gasteiger partial charge in [-0.3, -0.25) is 4.90 Å². The van der Waals surface area contributed by atoms with E-state index in [0.717, 1.165) is 44.0 Å². The molecule has 1 saturated heterocycles. The highest BCUT2D eigenvalue weighted by molar-refractivity contribution is 5.40. The Kier molecular flexibility index (Phi) is 4.32. The fourth-order valence-electron chi connectivity index (χ4n) is 2.47. The second-order valence-corrected chi connectivity index (χ2v) is 5.61. The third kappa shape index (κ3) is 3.61. The summed E-state index contributed by atoms with van der Waals surface area (Å²) < 4.78 is 10.7. The van der Waals surface area contributed by atoms with Crippen LogP contribution in [-0.4, -0.2) is 37.7 Å². The summed E-state index contributed by atoms with van der Waals surface area (Å²) in [6.45, 7) is 5.09. The molecule has 4 nitrogen and oxygen atoms in total. The van der Waals surface area contributed by atoms with Crippen LogP contribution < -0.4 is 15.2 Å². The summed E-state index contributed by atoms with van der Waals surface area (Å²) in [5, 5.41) is 0. The van der Waals surface area contributed by atoms with Gasteiger partial charge in [-0.25, -0.2) is 0 Å². The maximum Gasteiger partial charge on any atom is 0.123 e. The summed E-state index contributed by atoms with van der Waals surface area (Å²) in [5.74, 6) is 1.79. The van der Waals surface area contributed by atoms with Gasteiger partial charge in [0.2, 0.25) is 0 Å². The number of hydrogen-bond acceptors (Lipinski definition) is 4. The third-order valence-electron chi connectivity index (χ3n) is 3.88. The Balaban J connectivity index is 2.06. The first-order valence-electron chi connectivity index (χ1n) is 6.76. The van der Waals surface area contributed by atoms with Crippen LogP contribution in [0.5, 0.6) is 11.5 Å². The standard InChI is InChI=1S/C15H24N2O2/c1-15(16)6-8-17(9-7-15)11-12-10-13(18-2)4-5-14(12)19-3/h4-5,10H,6-9,11,16H2,1-3H3. The van der Waals surface area contributed by atoms with E-state index in [4.69, 9.17) is 15.2 Å². The Bertz CT molecular complexity index is 422. The Morgan fingerprint density at radius 1 is 1.21 bits per heavy atom. The molecule has 0 saturated carbocycles. The summed E-state index contributed by atoms with van der Waals surface area (Å²) >= 11 is 0. The molecule has 1 fully saturated rings. The highest BCUT2D eigenvalue weighted by Crippen LogP contribution is 2.27. The molecule has 0 amide bonds. The van der Waals surface area contributed by atoms with E-state index in [9.17, 15) is 0 Å². The monoisotopic (exact) mass is 264 g/mol. The van der Waals surface area contributed by atoms with Gasteiger partial charge >= 0.3 is 0 Å². The molecule has 0 aliphatic carbocycles. The molecule has 106 valence electrons. The lowest BCUT2D eigenvalue weighted by Crippen LogP contribution is -2.47. The first kappa shape index (κ1) is 14.2. The number of nitrogens with two attached hydrogens (primary N) is 1. The van der Waals surface area contributed by atoms with Crippen molar-refractivity contribution in [3.63, 3.8) is 0 Å². The zero-order chi connectivity index (χ0) is 13.9. The number of benzene rings is 1. The van der Waals surface area contributed by atoms with Crippen LogP contribution in [-0.2, 0) is 6.54 Å². The Labute approximate surface area is 115 Å². The van der Waals surface area contributed by atoms with E-state index in [1.54, 1.807) is 14.2 Å². The zero-order valence-electron chi connectivity index (χ0n) is 12.1. The lowest BCUT2D eigenvalue weighted by Gasteiger charge is -2.36. The highest BCUT2D eigenvalue weighted by atomic mass is 16.5. The second-order valence-electron chi connectivity index (χ2n) is 5.61. The van der Waals surface area contributed by atoms with E-state index in [2.05, 4.69) is 17.9 Å². The summed E-state index contributed by atoms with van der Waals surface area (Å²) in [4.78, 5) is 2.42. The van der Waals surface area contributed by atoms with Gasteiger partial charge < -0.3 is 15.2 Å². The molecule has 2 N–H and O–H groups in total. The fourth-order valence-corrected chi connectivity index (χ4v) is 2.47. The number of rotatable bonds is 4. The lowest BCUT2D eigenvalue weighted by atomic mass is 9.91. The van der Waals surface area contributed by atoms with E-state index in [0.29, 0.717) is 0 Å². The number of hydrogen-bond donors (Lipinski definition) is 1. The van der Waals surface area contributed by atoms with Gasteiger partial charge in [-0.15, -0.1) is 0 Å². The number of piperidine rings is 1. The van der Waals surface area contributed by atoms with Gasteiger partial charge in [0.25, 0.3) is 0 Å². The van der Waals surface area contributed by atoms with Gasteiger partial charge in [-0.05, 0) is 38.0 Å². The quantitative estimate of drug-likeness (QED) is 0.904. The number of ether oxygens (including phenoxy) is 2. The Morgan fingerprint density at radius 2 is 1.89 bits per heavy atom. The number of likely N-dealkylation sites (tertiary alicyclic amines) is 1. The smallest absolute Gasteiger partial charge is 0.123 e. The van der Waals surface area contributed by atoms with Crippen molar-refractivity contribution >= 4 is 0 Å². The molecule has 1 aliphatic heterocycles. The summed E-state index contributed by atoms with van der Waals surface area (Å²) in [6.07, 6.45) is 2.08. The van der Waals surface area contributed by atoms with Crippen molar-refractivity contribution in [2.75, 3.05) is 27.3 Å². The minimum absolute atomic E-state index is 0.00500. The van der Waals surface area contributed by atoms with Crippen LogP contribution in [0.4, 0.5) is 0 Å². The first-order valence-corrected chi connectivity index (χ1v) is 6.76. The summed E-state index contributed by atoms with van der Waals surface area (Å²) in [6, 6.07) is 5.94. The molecule has 0 aromatic heterocycles. The van der Waals surface area contributed by atoms with Crippen LogP contribution in [0.2, 0.25) is 0 Å². The molecule has 0 radical (unpaired) electrons. The average Bonchev–Trinajstić information content (AvgIpc) is 2.41. The van der Waals surface area contributed by atoms with E-state index in [1.807, 2.05) is 12.1 Å². The molecule has 0 atom stereocenters. The molecule has 1 aromatic rings. The molecule has 4 heteroatoms. The van der Waals surface area contributed by atoms with Crippen LogP contribution in [0.25, 0.3) is 0 Å². The zero-order valence-corrected chi connectivity index (χ0v) is 12.1. The van der Waals surface area contributed by atoms with Crippen molar-refractivity contribution in [3.8, 4) is 11.5 Å². The lowest BCUT2D eigenvalue weighted by molar-refractivity contribution is 0.163. The Hall–Kier alpha value is -1.26. The molecular weight excluding hydrogens is 240 g/mol. The van der Waals surface area contributed by atoms with Gasteiger partial charge in [0.05, 0.1) is 14.2 Å². The summed E-state index contributed by atoms with van der Waals surface area (Å²) in [7, 11) is 3.39. The van der Waals surface area contributed by atoms with Crippen LogP contribution in [0.15, 0.2) is 18.2 Å². The number of methoxy groups -OCH3 is 2. The van der Waals surface area contributed by atoms with E-state index in [-0.39, 0.29) is 5.54 Å². The van der Waals surface area contributed by atoms with E-state index >= 15 is 0 Å². The summed E-state index contributed by atoms with van der Waals surface area (Å²) in [5.41, 5.74) is 7.33. The molecule has 0 bridgehead atoms. The van der Waals surface area contributed by atoms with Gasteiger partial charge in [-0.2, -0.15) is 0 Å². The first-order chi connectivity index (χ1) is 9.04. The highest BCUT2D eigenvalue weighted by Gasteiger charge is 2.26.